The lowest BCUT2D eigenvalue weighted by Gasteiger charge is -2.26. The minimum atomic E-state index is -0.605. The van der Waals surface area contributed by atoms with Gasteiger partial charge in [-0.05, 0) is 38.3 Å². The second kappa shape index (κ2) is 7.93. The normalized spacial score (nSPS) is 14.5. The van der Waals surface area contributed by atoms with E-state index in [2.05, 4.69) is 5.32 Å². The predicted molar refractivity (Wildman–Crippen MR) is 82.8 cm³/mol. The lowest BCUT2D eigenvalue weighted by molar-refractivity contribution is -0.151. The zero-order valence-corrected chi connectivity index (χ0v) is 13.4. The van der Waals surface area contributed by atoms with E-state index in [-0.39, 0.29) is 25.0 Å². The fraction of sp³-hybridized carbons (Fsp3) is 0.533. The maximum atomic E-state index is 11.8. The molecule has 1 aromatic heterocycles. The van der Waals surface area contributed by atoms with Crippen LogP contribution >= 0.6 is 11.3 Å². The fourth-order valence-corrected chi connectivity index (χ4v) is 3.01. The summed E-state index contributed by atoms with van der Waals surface area (Å²) in [5, 5.41) is 2.49. The molecule has 1 aliphatic rings. The Bertz CT molecular complexity index is 549. The molecule has 0 saturated carbocycles. The molecule has 1 aliphatic heterocycles. The number of esters is 1. The minimum Gasteiger partial charge on any atom is -0.454 e. The van der Waals surface area contributed by atoms with Crippen LogP contribution in [0.25, 0.3) is 0 Å². The van der Waals surface area contributed by atoms with E-state index in [9.17, 15) is 14.4 Å². The molecule has 1 fully saturated rings. The lowest BCUT2D eigenvalue weighted by Crippen LogP contribution is -2.39. The topological polar surface area (TPSA) is 75.7 Å². The van der Waals surface area contributed by atoms with Gasteiger partial charge in [-0.1, -0.05) is 0 Å². The molecule has 0 aliphatic carbocycles. The van der Waals surface area contributed by atoms with Crippen molar-refractivity contribution in [3.8, 4) is 0 Å². The smallest absolute Gasteiger partial charge is 0.325 e. The maximum Gasteiger partial charge on any atom is 0.325 e. The second-order valence-electron chi connectivity index (χ2n) is 5.20. The predicted octanol–water partition coefficient (Wildman–Crippen LogP) is 1.34. The van der Waals surface area contributed by atoms with Gasteiger partial charge in [0.15, 0.2) is 6.61 Å². The van der Waals surface area contributed by atoms with Crippen LogP contribution in [0.5, 0.6) is 0 Å². The van der Waals surface area contributed by atoms with Gasteiger partial charge in [-0.25, -0.2) is 0 Å². The van der Waals surface area contributed by atoms with Gasteiger partial charge >= 0.3 is 5.97 Å². The number of carbonyl (C=O) groups is 3. The second-order valence-corrected chi connectivity index (χ2v) is 6.48. The van der Waals surface area contributed by atoms with E-state index in [1.807, 2.05) is 13.0 Å². The van der Waals surface area contributed by atoms with Crippen molar-refractivity contribution in [1.82, 2.24) is 10.2 Å². The summed E-state index contributed by atoms with van der Waals surface area (Å²) in [6.07, 6.45) is 3.13. The molecule has 2 rings (SSSR count). The van der Waals surface area contributed by atoms with Crippen molar-refractivity contribution < 1.29 is 19.1 Å². The van der Waals surface area contributed by atoms with Gasteiger partial charge in [-0.3, -0.25) is 14.4 Å². The zero-order chi connectivity index (χ0) is 15.9. The molecule has 0 spiro atoms. The number of piperidine rings is 1. The molecule has 1 saturated heterocycles. The molecule has 0 bridgehead atoms. The van der Waals surface area contributed by atoms with Crippen LogP contribution < -0.4 is 5.32 Å². The first kappa shape index (κ1) is 16.5. The van der Waals surface area contributed by atoms with Crippen molar-refractivity contribution in [1.29, 1.82) is 0 Å². The molecule has 2 amide bonds. The summed E-state index contributed by atoms with van der Waals surface area (Å²) in [5.74, 6) is -1.09. The van der Waals surface area contributed by atoms with Gasteiger partial charge in [-0.15, -0.1) is 11.3 Å². The standard InChI is InChI=1S/C15H20N2O4S/c1-11-5-6-12(22-11)15(20)16-9-14(19)21-10-13(18)17-7-3-2-4-8-17/h5-6H,2-4,7-10H2,1H3,(H,16,20). The number of aryl methyl sites for hydroxylation is 1. The Labute approximate surface area is 133 Å². The first-order valence-corrected chi connectivity index (χ1v) is 8.16. The van der Waals surface area contributed by atoms with Crippen molar-refractivity contribution in [2.75, 3.05) is 26.2 Å². The quantitative estimate of drug-likeness (QED) is 0.830. The Balaban J connectivity index is 1.67. The van der Waals surface area contributed by atoms with Crippen molar-refractivity contribution >= 4 is 29.1 Å². The number of hydrogen-bond donors (Lipinski definition) is 1. The van der Waals surface area contributed by atoms with E-state index in [1.165, 1.54) is 11.3 Å². The largest absolute Gasteiger partial charge is 0.454 e. The van der Waals surface area contributed by atoms with Gasteiger partial charge in [0.25, 0.3) is 11.8 Å². The number of nitrogens with zero attached hydrogens (tertiary/aromatic N) is 1. The molecule has 2 heterocycles. The van der Waals surface area contributed by atoms with Gasteiger partial charge in [0, 0.05) is 18.0 Å². The summed E-state index contributed by atoms with van der Waals surface area (Å²) in [6.45, 7) is 2.87. The number of rotatable bonds is 5. The molecule has 0 unspecified atom stereocenters. The molecule has 22 heavy (non-hydrogen) atoms. The molecule has 1 aromatic rings. The highest BCUT2D eigenvalue weighted by Gasteiger charge is 2.18. The summed E-state index contributed by atoms with van der Waals surface area (Å²) in [7, 11) is 0. The first-order chi connectivity index (χ1) is 10.6. The molecule has 7 heteroatoms. The third-order valence-electron chi connectivity index (χ3n) is 3.42. The minimum absolute atomic E-state index is 0.173. The monoisotopic (exact) mass is 324 g/mol. The molecule has 0 aromatic carbocycles. The summed E-state index contributed by atoms with van der Waals surface area (Å²) in [5.41, 5.74) is 0. The fourth-order valence-electron chi connectivity index (χ4n) is 2.22. The molecule has 120 valence electrons. The number of likely N-dealkylation sites (tertiary alicyclic amines) is 1. The average Bonchev–Trinajstić information content (AvgIpc) is 2.97. The van der Waals surface area contributed by atoms with E-state index < -0.39 is 5.97 Å². The summed E-state index contributed by atoms with van der Waals surface area (Å²) < 4.78 is 4.91. The Kier molecular flexibility index (Phi) is 5.94. The van der Waals surface area contributed by atoms with Crippen LogP contribution in [0, 0.1) is 6.92 Å². The first-order valence-electron chi connectivity index (χ1n) is 7.34. The van der Waals surface area contributed by atoms with Crippen LogP contribution in [-0.4, -0.2) is 48.9 Å². The highest BCUT2D eigenvalue weighted by Crippen LogP contribution is 2.14. The highest BCUT2D eigenvalue weighted by molar-refractivity contribution is 7.13. The number of carbonyl (C=O) groups excluding carboxylic acids is 3. The zero-order valence-electron chi connectivity index (χ0n) is 12.6. The number of ether oxygens (including phenoxy) is 1. The summed E-state index contributed by atoms with van der Waals surface area (Å²) >= 11 is 1.36. The molecule has 1 N–H and O–H groups in total. The maximum absolute atomic E-state index is 11.8. The van der Waals surface area contributed by atoms with E-state index in [0.29, 0.717) is 4.88 Å². The number of thiophene rings is 1. The Morgan fingerprint density at radius 1 is 1.23 bits per heavy atom. The van der Waals surface area contributed by atoms with Crippen LogP contribution in [0.3, 0.4) is 0 Å². The van der Waals surface area contributed by atoms with Gasteiger partial charge < -0.3 is 15.0 Å². The van der Waals surface area contributed by atoms with Crippen molar-refractivity contribution in [3.63, 3.8) is 0 Å². The highest BCUT2D eigenvalue weighted by atomic mass is 32.1. The molecule has 6 nitrogen and oxygen atoms in total. The third kappa shape index (κ3) is 4.84. The number of hydrogen-bond acceptors (Lipinski definition) is 5. The van der Waals surface area contributed by atoms with Crippen molar-refractivity contribution in [2.45, 2.75) is 26.2 Å². The van der Waals surface area contributed by atoms with E-state index in [4.69, 9.17) is 4.74 Å². The van der Waals surface area contributed by atoms with Crippen molar-refractivity contribution in [3.05, 3.63) is 21.9 Å². The number of nitrogens with one attached hydrogen (secondary N) is 1. The van der Waals surface area contributed by atoms with Gasteiger partial charge in [0.2, 0.25) is 0 Å². The van der Waals surface area contributed by atoms with E-state index in [0.717, 1.165) is 37.2 Å². The van der Waals surface area contributed by atoms with Crippen LogP contribution in [0.2, 0.25) is 0 Å². The summed E-state index contributed by atoms with van der Waals surface area (Å²) in [4.78, 5) is 38.4. The lowest BCUT2D eigenvalue weighted by atomic mass is 10.1. The Morgan fingerprint density at radius 2 is 1.95 bits per heavy atom. The van der Waals surface area contributed by atoms with Gasteiger partial charge in [0.1, 0.15) is 6.54 Å². The van der Waals surface area contributed by atoms with E-state index in [1.54, 1.807) is 11.0 Å². The van der Waals surface area contributed by atoms with Crippen LogP contribution in [-0.2, 0) is 14.3 Å². The Morgan fingerprint density at radius 3 is 2.59 bits per heavy atom. The Hall–Kier alpha value is -1.89. The average molecular weight is 324 g/mol. The molecular formula is C15H20N2O4S. The van der Waals surface area contributed by atoms with E-state index >= 15 is 0 Å². The third-order valence-corrected chi connectivity index (χ3v) is 4.42. The molecular weight excluding hydrogens is 304 g/mol. The SMILES string of the molecule is Cc1ccc(C(=O)NCC(=O)OCC(=O)N2CCCCC2)s1. The number of amides is 2. The van der Waals surface area contributed by atoms with Gasteiger partial charge in [-0.2, -0.15) is 0 Å². The summed E-state index contributed by atoms with van der Waals surface area (Å²) in [6, 6.07) is 3.55. The van der Waals surface area contributed by atoms with Crippen molar-refractivity contribution in [2.24, 2.45) is 0 Å². The van der Waals surface area contributed by atoms with Crippen LogP contribution in [0.1, 0.15) is 33.8 Å². The van der Waals surface area contributed by atoms with Gasteiger partial charge in [0.05, 0.1) is 4.88 Å². The molecule has 0 atom stereocenters. The molecule has 0 radical (unpaired) electrons. The van der Waals surface area contributed by atoms with Crippen LogP contribution in [0.4, 0.5) is 0 Å². The van der Waals surface area contributed by atoms with Crippen LogP contribution in [0.15, 0.2) is 12.1 Å².